The summed E-state index contributed by atoms with van der Waals surface area (Å²) < 4.78 is 16.6. The molecule has 1 aromatic rings. The first-order valence-electron chi connectivity index (χ1n) is 21.0. The van der Waals surface area contributed by atoms with Gasteiger partial charge >= 0.3 is 17.9 Å². The van der Waals surface area contributed by atoms with Crippen molar-refractivity contribution in [2.24, 2.45) is 0 Å². The molecule has 1 aromatic heterocycles. The minimum Gasteiger partial charge on any atom is -0.462 e. The molecule has 0 atom stereocenters. The van der Waals surface area contributed by atoms with Gasteiger partial charge in [0.2, 0.25) is 0 Å². The highest BCUT2D eigenvalue weighted by molar-refractivity contribution is 5.89. The van der Waals surface area contributed by atoms with E-state index in [1.807, 2.05) is 6.92 Å². The molecule has 0 amide bonds. The number of esters is 3. The maximum Gasteiger partial charge on any atom is 0.338 e. The van der Waals surface area contributed by atoms with Crippen LogP contribution < -0.4 is 0 Å². The maximum atomic E-state index is 12.9. The molecule has 0 aliphatic rings. The van der Waals surface area contributed by atoms with Crippen LogP contribution in [0.4, 0.5) is 0 Å². The third-order valence-electron chi connectivity index (χ3n) is 9.52. The molecule has 50 heavy (non-hydrogen) atoms. The fourth-order valence-electron chi connectivity index (χ4n) is 6.22. The molecule has 0 saturated carbocycles. The van der Waals surface area contributed by atoms with Crippen molar-refractivity contribution in [2.75, 3.05) is 13.2 Å². The number of carbonyl (C=O) groups is 3. The van der Waals surface area contributed by atoms with E-state index in [9.17, 15) is 14.4 Å². The van der Waals surface area contributed by atoms with Gasteiger partial charge in [0, 0.05) is 24.7 Å². The number of nitrogens with zero attached hydrogens (tertiary/aromatic N) is 1. The van der Waals surface area contributed by atoms with Crippen LogP contribution in [-0.4, -0.2) is 42.2 Å². The molecule has 0 saturated heterocycles. The van der Waals surface area contributed by atoms with E-state index >= 15 is 0 Å². The Balaban J connectivity index is 2.30. The van der Waals surface area contributed by atoms with E-state index in [-0.39, 0.29) is 25.2 Å². The molecule has 1 rings (SSSR count). The Morgan fingerprint density at radius 2 is 0.900 bits per heavy atom. The topological polar surface area (TPSA) is 91.8 Å². The highest BCUT2D eigenvalue weighted by Crippen LogP contribution is 2.15. The molecule has 0 unspecified atom stereocenters. The molecule has 7 nitrogen and oxygen atoms in total. The monoisotopic (exact) mass is 702 g/mol. The Morgan fingerprint density at radius 3 is 1.26 bits per heavy atom. The van der Waals surface area contributed by atoms with Crippen molar-refractivity contribution in [3.63, 3.8) is 0 Å². The van der Waals surface area contributed by atoms with E-state index in [0.717, 1.165) is 44.2 Å². The molecule has 0 aromatic carbocycles. The van der Waals surface area contributed by atoms with Gasteiger partial charge in [0.05, 0.1) is 5.56 Å². The van der Waals surface area contributed by atoms with Crippen molar-refractivity contribution in [1.29, 1.82) is 0 Å². The van der Waals surface area contributed by atoms with Crippen molar-refractivity contribution in [3.8, 4) is 0 Å². The summed E-state index contributed by atoms with van der Waals surface area (Å²) in [5.74, 6) is -1.18. The molecule has 0 N–H and O–H groups in total. The summed E-state index contributed by atoms with van der Waals surface area (Å²) in [6, 6.07) is 3.29. The van der Waals surface area contributed by atoms with Crippen LogP contribution in [0.1, 0.15) is 217 Å². The van der Waals surface area contributed by atoms with Gasteiger partial charge in [-0.05, 0) is 31.4 Å². The van der Waals surface area contributed by atoms with E-state index in [2.05, 4.69) is 18.8 Å². The van der Waals surface area contributed by atoms with E-state index < -0.39 is 12.1 Å². The zero-order valence-electron chi connectivity index (χ0n) is 32.6. The van der Waals surface area contributed by atoms with E-state index in [0.29, 0.717) is 24.8 Å². The number of pyridine rings is 1. The Morgan fingerprint density at radius 1 is 0.540 bits per heavy atom. The second kappa shape index (κ2) is 33.7. The van der Waals surface area contributed by atoms with Crippen molar-refractivity contribution >= 4 is 17.9 Å². The summed E-state index contributed by atoms with van der Waals surface area (Å²) in [5.41, 5.74) is 1.16. The first-order chi connectivity index (χ1) is 24.5. The lowest BCUT2D eigenvalue weighted by Gasteiger charge is -2.18. The summed E-state index contributed by atoms with van der Waals surface area (Å²) in [7, 11) is 0. The second-order valence-electron chi connectivity index (χ2n) is 14.3. The van der Waals surface area contributed by atoms with Crippen LogP contribution in [0.3, 0.4) is 0 Å². The summed E-state index contributed by atoms with van der Waals surface area (Å²) in [6.07, 6.45) is 34.4. The van der Waals surface area contributed by atoms with E-state index in [4.69, 9.17) is 14.2 Å². The minimum atomic E-state index is -0.869. The number of aromatic nitrogens is 1. The normalized spacial score (nSPS) is 11.2. The first kappa shape index (κ1) is 45.6. The summed E-state index contributed by atoms with van der Waals surface area (Å²) in [4.78, 5) is 42.1. The lowest BCUT2D eigenvalue weighted by atomic mass is 10.0. The Kier molecular flexibility index (Phi) is 30.7. The molecule has 0 aliphatic heterocycles. The number of ether oxygens (including phenoxy) is 3. The van der Waals surface area contributed by atoms with Crippen molar-refractivity contribution in [2.45, 2.75) is 213 Å². The van der Waals surface area contributed by atoms with Crippen LogP contribution >= 0.6 is 0 Å². The van der Waals surface area contributed by atoms with Crippen molar-refractivity contribution in [1.82, 2.24) is 4.98 Å². The van der Waals surface area contributed by atoms with Gasteiger partial charge in [0.1, 0.15) is 13.2 Å². The largest absolute Gasteiger partial charge is 0.462 e. The fourth-order valence-corrected chi connectivity index (χ4v) is 6.22. The van der Waals surface area contributed by atoms with Crippen molar-refractivity contribution in [3.05, 3.63) is 29.6 Å². The number of rotatable bonds is 35. The molecule has 288 valence electrons. The van der Waals surface area contributed by atoms with Gasteiger partial charge in [-0.2, -0.15) is 0 Å². The van der Waals surface area contributed by atoms with Gasteiger partial charge < -0.3 is 14.2 Å². The van der Waals surface area contributed by atoms with Crippen LogP contribution in [0.5, 0.6) is 0 Å². The van der Waals surface area contributed by atoms with Gasteiger partial charge in [-0.3, -0.25) is 14.6 Å². The first-order valence-corrected chi connectivity index (χ1v) is 21.0. The molecule has 0 aliphatic carbocycles. The number of carbonyl (C=O) groups excluding carboxylic acids is 3. The predicted molar refractivity (Wildman–Crippen MR) is 205 cm³/mol. The number of hydrogen-bond acceptors (Lipinski definition) is 7. The highest BCUT2D eigenvalue weighted by atomic mass is 16.6. The third kappa shape index (κ3) is 27.3. The van der Waals surface area contributed by atoms with Gasteiger partial charge in [-0.25, -0.2) is 4.79 Å². The second-order valence-corrected chi connectivity index (χ2v) is 14.3. The standard InChI is InChI=1S/C43H75NO6/c1-4-7-9-11-13-15-17-19-21-23-25-27-29-31-41(45)48-36-40(50-43(47)38-33-34-44-39(6-3)35-38)37-49-42(46)32-30-28-26-24-22-20-18-16-14-12-10-8-5-2/h33-35,40H,4-32,36-37H2,1-3H3. The van der Waals surface area contributed by atoms with Gasteiger partial charge in [-0.15, -0.1) is 0 Å². The molecule has 7 heteroatoms. The molecular formula is C43H75NO6. The minimum absolute atomic E-state index is 0.138. The fraction of sp³-hybridized carbons (Fsp3) is 0.814. The van der Waals surface area contributed by atoms with Crippen LogP contribution in [0.25, 0.3) is 0 Å². The number of aryl methyl sites for hydroxylation is 1. The van der Waals surface area contributed by atoms with Crippen LogP contribution in [0.15, 0.2) is 18.3 Å². The quantitative estimate of drug-likeness (QED) is 0.0395. The highest BCUT2D eigenvalue weighted by Gasteiger charge is 2.21. The molecule has 1 heterocycles. The summed E-state index contributed by atoms with van der Waals surface area (Å²) >= 11 is 0. The Bertz CT molecular complexity index is 920. The summed E-state index contributed by atoms with van der Waals surface area (Å²) in [5, 5.41) is 0. The molecule has 0 fully saturated rings. The van der Waals surface area contributed by atoms with E-state index in [1.54, 1.807) is 18.3 Å². The lowest BCUT2D eigenvalue weighted by molar-refractivity contribution is -0.152. The van der Waals surface area contributed by atoms with Gasteiger partial charge in [0.25, 0.3) is 0 Å². The number of unbranched alkanes of at least 4 members (excludes halogenated alkanes) is 24. The van der Waals surface area contributed by atoms with Crippen LogP contribution in [-0.2, 0) is 30.2 Å². The molecule has 0 radical (unpaired) electrons. The molecular weight excluding hydrogens is 626 g/mol. The third-order valence-corrected chi connectivity index (χ3v) is 9.52. The Hall–Kier alpha value is -2.44. The zero-order chi connectivity index (χ0) is 36.3. The van der Waals surface area contributed by atoms with Crippen LogP contribution in [0, 0.1) is 0 Å². The molecule has 0 spiro atoms. The van der Waals surface area contributed by atoms with Crippen molar-refractivity contribution < 1.29 is 28.6 Å². The average Bonchev–Trinajstić information content (AvgIpc) is 3.13. The summed E-state index contributed by atoms with van der Waals surface area (Å²) in [6.45, 7) is 6.20. The Labute approximate surface area is 306 Å². The maximum absolute atomic E-state index is 12.9. The SMILES string of the molecule is CCCCCCCCCCCCCCCC(=O)OCC(COC(=O)CCCCCCCCCCCCCCC)OC(=O)c1ccnc(CC)c1. The number of hydrogen-bond donors (Lipinski definition) is 0. The lowest BCUT2D eigenvalue weighted by Crippen LogP contribution is -2.31. The van der Waals surface area contributed by atoms with Gasteiger partial charge in [0.15, 0.2) is 6.10 Å². The smallest absolute Gasteiger partial charge is 0.338 e. The zero-order valence-corrected chi connectivity index (χ0v) is 32.6. The van der Waals surface area contributed by atoms with Gasteiger partial charge in [-0.1, -0.05) is 175 Å². The molecule has 0 bridgehead atoms. The average molecular weight is 702 g/mol. The van der Waals surface area contributed by atoms with Crippen LogP contribution in [0.2, 0.25) is 0 Å². The predicted octanol–water partition coefficient (Wildman–Crippen LogP) is 12.2. The van der Waals surface area contributed by atoms with E-state index in [1.165, 1.54) is 128 Å².